The molecule has 1 aliphatic heterocycles. The van der Waals surface area contributed by atoms with Crippen LogP contribution >= 0.6 is 23.2 Å². The van der Waals surface area contributed by atoms with Gasteiger partial charge in [0.1, 0.15) is 0 Å². The van der Waals surface area contributed by atoms with Crippen molar-refractivity contribution >= 4 is 41.0 Å². The molecule has 0 radical (unpaired) electrons. The summed E-state index contributed by atoms with van der Waals surface area (Å²) in [5.74, 6) is -2.87. The van der Waals surface area contributed by atoms with Gasteiger partial charge < -0.3 is 9.90 Å². The fourth-order valence-electron chi connectivity index (χ4n) is 2.29. The Morgan fingerprint density at radius 2 is 1.57 bits per heavy atom. The minimum absolute atomic E-state index is 0.0237. The van der Waals surface area contributed by atoms with E-state index < -0.39 is 23.8 Å². The number of nitrogens with zero attached hydrogens (tertiary/aromatic N) is 1. The number of carbonyl (C=O) groups excluding carboxylic acids is 3. The molecule has 0 aliphatic carbocycles. The van der Waals surface area contributed by atoms with Crippen LogP contribution < -0.4 is 5.11 Å². The Bertz CT molecular complexity index is 601. The second-order valence-electron chi connectivity index (χ2n) is 5.26. The predicted molar refractivity (Wildman–Crippen MR) is 75.2 cm³/mol. The van der Waals surface area contributed by atoms with E-state index in [1.807, 2.05) is 0 Å². The molecule has 0 saturated heterocycles. The second kappa shape index (κ2) is 5.66. The number of imide groups is 1. The summed E-state index contributed by atoms with van der Waals surface area (Å²) in [5, 5.41) is 11.6. The lowest BCUT2D eigenvalue weighted by molar-refractivity contribution is -0.310. The fraction of sp³-hybridized carbons (Fsp3) is 0.357. The number of fused-ring (bicyclic) bond motifs is 1. The van der Waals surface area contributed by atoms with Crippen molar-refractivity contribution in [3.63, 3.8) is 0 Å². The van der Waals surface area contributed by atoms with Gasteiger partial charge in [-0.15, -0.1) is 0 Å². The molecule has 5 nitrogen and oxygen atoms in total. The van der Waals surface area contributed by atoms with Crippen LogP contribution in [-0.2, 0) is 4.79 Å². The van der Waals surface area contributed by atoms with E-state index in [4.69, 9.17) is 23.2 Å². The number of aliphatic carboxylic acids is 1. The Balaban J connectivity index is 2.47. The molecule has 112 valence electrons. The SMILES string of the molecule is CC(C)C[C@H](C(=O)[O-])N1C(=O)c2cc(Cl)c(Cl)cc2C1=O. The van der Waals surface area contributed by atoms with Crippen molar-refractivity contribution in [3.8, 4) is 0 Å². The standard InChI is InChI=1S/C14H13Cl2NO4/c1-6(2)3-11(14(20)21)17-12(18)7-4-9(15)10(16)5-8(7)13(17)19/h4-6,11H,3H2,1-2H3,(H,20,21)/p-1/t11-/m1/s1. The first-order chi connectivity index (χ1) is 9.73. The molecule has 1 heterocycles. The van der Waals surface area contributed by atoms with Crippen molar-refractivity contribution in [1.82, 2.24) is 4.90 Å². The zero-order chi connectivity index (χ0) is 15.9. The highest BCUT2D eigenvalue weighted by molar-refractivity contribution is 6.43. The van der Waals surface area contributed by atoms with E-state index in [1.54, 1.807) is 13.8 Å². The van der Waals surface area contributed by atoms with Crippen molar-refractivity contribution in [2.75, 3.05) is 0 Å². The van der Waals surface area contributed by atoms with Crippen molar-refractivity contribution in [3.05, 3.63) is 33.3 Å². The van der Waals surface area contributed by atoms with E-state index in [1.165, 1.54) is 12.1 Å². The number of hydrogen-bond acceptors (Lipinski definition) is 4. The van der Waals surface area contributed by atoms with Crippen LogP contribution in [0, 0.1) is 5.92 Å². The lowest BCUT2D eigenvalue weighted by atomic mass is 10.0. The molecular formula is C14H12Cl2NO4-. The summed E-state index contributed by atoms with van der Waals surface area (Å²) in [6, 6.07) is 1.25. The Kier molecular flexibility index (Phi) is 4.25. The topological polar surface area (TPSA) is 77.5 Å². The minimum atomic E-state index is -1.46. The minimum Gasteiger partial charge on any atom is -0.548 e. The molecule has 1 aromatic carbocycles. The fourth-order valence-corrected chi connectivity index (χ4v) is 2.62. The molecule has 0 unspecified atom stereocenters. The maximum atomic E-state index is 12.3. The van der Waals surface area contributed by atoms with Crippen LogP contribution in [0.5, 0.6) is 0 Å². The smallest absolute Gasteiger partial charge is 0.262 e. The van der Waals surface area contributed by atoms with Crippen LogP contribution in [0.3, 0.4) is 0 Å². The summed E-state index contributed by atoms with van der Waals surface area (Å²) in [7, 11) is 0. The van der Waals surface area contributed by atoms with E-state index >= 15 is 0 Å². The third-order valence-corrected chi connectivity index (χ3v) is 3.96. The molecule has 1 aliphatic rings. The first-order valence-electron chi connectivity index (χ1n) is 6.31. The number of carbonyl (C=O) groups is 3. The van der Waals surface area contributed by atoms with E-state index in [0.717, 1.165) is 0 Å². The molecular weight excluding hydrogens is 317 g/mol. The highest BCUT2D eigenvalue weighted by atomic mass is 35.5. The third-order valence-electron chi connectivity index (χ3n) is 3.24. The zero-order valence-corrected chi connectivity index (χ0v) is 12.9. The number of carboxylic acids is 1. The molecule has 2 amide bonds. The molecule has 2 rings (SSSR count). The van der Waals surface area contributed by atoms with Gasteiger partial charge in [-0.2, -0.15) is 0 Å². The molecule has 0 fully saturated rings. The van der Waals surface area contributed by atoms with Gasteiger partial charge in [0.05, 0.1) is 33.2 Å². The third kappa shape index (κ3) is 2.76. The number of amides is 2. The van der Waals surface area contributed by atoms with E-state index in [2.05, 4.69) is 0 Å². The largest absolute Gasteiger partial charge is 0.548 e. The zero-order valence-electron chi connectivity index (χ0n) is 11.4. The van der Waals surface area contributed by atoms with Gasteiger partial charge in [-0.25, -0.2) is 0 Å². The highest BCUT2D eigenvalue weighted by Crippen LogP contribution is 2.33. The van der Waals surface area contributed by atoms with Gasteiger partial charge in [0.15, 0.2) is 0 Å². The predicted octanol–water partition coefficient (Wildman–Crippen LogP) is 1.75. The first-order valence-corrected chi connectivity index (χ1v) is 7.07. The number of rotatable bonds is 4. The van der Waals surface area contributed by atoms with E-state index in [0.29, 0.717) is 4.90 Å². The number of hydrogen-bond donors (Lipinski definition) is 0. The van der Waals surface area contributed by atoms with Crippen LogP contribution in [0.15, 0.2) is 12.1 Å². The van der Waals surface area contributed by atoms with Crippen molar-refractivity contribution in [1.29, 1.82) is 0 Å². The highest BCUT2D eigenvalue weighted by Gasteiger charge is 2.41. The Labute approximate surface area is 131 Å². The molecule has 21 heavy (non-hydrogen) atoms. The lowest BCUT2D eigenvalue weighted by Crippen LogP contribution is -2.51. The summed E-state index contributed by atoms with van der Waals surface area (Å²) in [6.07, 6.45) is 0.120. The monoisotopic (exact) mass is 328 g/mol. The summed E-state index contributed by atoms with van der Waals surface area (Å²) in [4.78, 5) is 36.6. The van der Waals surface area contributed by atoms with Gasteiger partial charge in [0, 0.05) is 0 Å². The van der Waals surface area contributed by atoms with Crippen molar-refractivity contribution < 1.29 is 19.5 Å². The quantitative estimate of drug-likeness (QED) is 0.789. The van der Waals surface area contributed by atoms with Gasteiger partial charge in [-0.3, -0.25) is 14.5 Å². The van der Waals surface area contributed by atoms with Crippen LogP contribution in [0.25, 0.3) is 0 Å². The number of halogens is 2. The maximum Gasteiger partial charge on any atom is 0.262 e. The molecule has 1 atom stereocenters. The average molecular weight is 329 g/mol. The van der Waals surface area contributed by atoms with Gasteiger partial charge in [0.25, 0.3) is 11.8 Å². The summed E-state index contributed by atoms with van der Waals surface area (Å²) < 4.78 is 0. The van der Waals surface area contributed by atoms with E-state index in [-0.39, 0.29) is 33.5 Å². The Hall–Kier alpha value is -1.59. The molecule has 0 bridgehead atoms. The van der Waals surface area contributed by atoms with Crippen LogP contribution in [-0.4, -0.2) is 28.7 Å². The molecule has 0 N–H and O–H groups in total. The number of benzene rings is 1. The van der Waals surface area contributed by atoms with E-state index in [9.17, 15) is 19.5 Å². The summed E-state index contributed by atoms with van der Waals surface area (Å²) >= 11 is 11.7. The lowest BCUT2D eigenvalue weighted by Gasteiger charge is -2.28. The van der Waals surface area contributed by atoms with Crippen molar-refractivity contribution in [2.24, 2.45) is 5.92 Å². The first kappa shape index (κ1) is 15.8. The normalized spacial score (nSPS) is 15.6. The van der Waals surface area contributed by atoms with Gasteiger partial charge in [0.2, 0.25) is 0 Å². The van der Waals surface area contributed by atoms with Gasteiger partial charge in [-0.05, 0) is 24.5 Å². The second-order valence-corrected chi connectivity index (χ2v) is 6.07. The van der Waals surface area contributed by atoms with Gasteiger partial charge >= 0.3 is 0 Å². The Morgan fingerprint density at radius 1 is 1.14 bits per heavy atom. The number of carboxylic acid groups (broad SMARTS) is 1. The molecule has 1 aromatic rings. The average Bonchev–Trinajstić information content (AvgIpc) is 2.60. The molecule has 0 saturated carbocycles. The van der Waals surface area contributed by atoms with Crippen LogP contribution in [0.4, 0.5) is 0 Å². The van der Waals surface area contributed by atoms with Crippen molar-refractivity contribution in [2.45, 2.75) is 26.3 Å². The van der Waals surface area contributed by atoms with Gasteiger partial charge in [-0.1, -0.05) is 37.0 Å². The van der Waals surface area contributed by atoms with Crippen LogP contribution in [0.1, 0.15) is 41.0 Å². The summed E-state index contributed by atoms with van der Waals surface area (Å²) in [6.45, 7) is 3.59. The molecule has 7 heteroatoms. The molecule has 0 aromatic heterocycles. The maximum absolute atomic E-state index is 12.3. The van der Waals surface area contributed by atoms with Crippen LogP contribution in [0.2, 0.25) is 10.0 Å². The molecule has 0 spiro atoms. The summed E-state index contributed by atoms with van der Waals surface area (Å²) in [5.41, 5.74) is 0.119. The Morgan fingerprint density at radius 3 is 1.90 bits per heavy atom.